The van der Waals surface area contributed by atoms with Crippen molar-refractivity contribution in [2.75, 3.05) is 11.1 Å². The zero-order valence-corrected chi connectivity index (χ0v) is 10.5. The molecule has 0 fully saturated rings. The summed E-state index contributed by atoms with van der Waals surface area (Å²) in [6.07, 6.45) is 0. The van der Waals surface area contributed by atoms with Crippen LogP contribution in [-0.2, 0) is 0 Å². The Labute approximate surface area is 107 Å². The summed E-state index contributed by atoms with van der Waals surface area (Å²) < 4.78 is 14.6. The highest BCUT2D eigenvalue weighted by atomic mass is 127. The molecule has 0 aromatic heterocycles. The molecule has 0 saturated carbocycles. The average Bonchev–Trinajstić information content (AvgIpc) is 2.25. The number of nitrogens with one attached hydrogen (secondary N) is 1. The van der Waals surface area contributed by atoms with Gasteiger partial charge < -0.3 is 11.1 Å². The molecule has 2 aromatic rings. The molecular formula is C12H10FIN2. The second-order valence-electron chi connectivity index (χ2n) is 3.37. The Morgan fingerprint density at radius 2 is 1.75 bits per heavy atom. The summed E-state index contributed by atoms with van der Waals surface area (Å²) in [5, 5.41) is 2.99. The third-order valence-corrected chi connectivity index (χ3v) is 2.84. The lowest BCUT2D eigenvalue weighted by atomic mass is 10.2. The zero-order chi connectivity index (χ0) is 11.5. The quantitative estimate of drug-likeness (QED) is 0.651. The van der Waals surface area contributed by atoms with Gasteiger partial charge in [0.2, 0.25) is 0 Å². The molecule has 2 nitrogen and oxygen atoms in total. The molecule has 0 atom stereocenters. The third-order valence-electron chi connectivity index (χ3n) is 2.12. The van der Waals surface area contributed by atoms with Crippen molar-refractivity contribution in [2.45, 2.75) is 0 Å². The molecule has 0 unspecified atom stereocenters. The van der Waals surface area contributed by atoms with Crippen LogP contribution in [0.5, 0.6) is 0 Å². The Morgan fingerprint density at radius 1 is 1.06 bits per heavy atom. The highest BCUT2D eigenvalue weighted by Crippen LogP contribution is 2.22. The number of nitrogen functional groups attached to an aromatic ring is 1. The first-order valence-electron chi connectivity index (χ1n) is 4.73. The van der Waals surface area contributed by atoms with Crippen molar-refractivity contribution >= 4 is 39.7 Å². The number of anilines is 3. The molecule has 4 heteroatoms. The Hall–Kier alpha value is -1.30. The minimum absolute atomic E-state index is 0.349. The molecule has 2 rings (SSSR count). The molecule has 0 aliphatic heterocycles. The van der Waals surface area contributed by atoms with Crippen molar-refractivity contribution in [3.8, 4) is 0 Å². The maximum Gasteiger partial charge on any atom is 0.148 e. The second kappa shape index (κ2) is 4.69. The summed E-state index contributed by atoms with van der Waals surface area (Å²) in [5.74, 6) is -0.349. The van der Waals surface area contributed by atoms with E-state index in [9.17, 15) is 4.39 Å². The van der Waals surface area contributed by atoms with Crippen LogP contribution in [0.25, 0.3) is 0 Å². The maximum absolute atomic E-state index is 13.5. The van der Waals surface area contributed by atoms with E-state index in [1.165, 1.54) is 6.07 Å². The van der Waals surface area contributed by atoms with Crippen LogP contribution in [-0.4, -0.2) is 0 Å². The van der Waals surface area contributed by atoms with E-state index in [4.69, 9.17) is 5.73 Å². The van der Waals surface area contributed by atoms with E-state index >= 15 is 0 Å². The van der Waals surface area contributed by atoms with Crippen LogP contribution in [0.2, 0.25) is 0 Å². The van der Waals surface area contributed by atoms with Crippen LogP contribution in [0.3, 0.4) is 0 Å². The monoisotopic (exact) mass is 328 g/mol. The lowest BCUT2D eigenvalue weighted by Crippen LogP contribution is -1.95. The molecule has 0 aliphatic carbocycles. The third kappa shape index (κ3) is 2.63. The normalized spacial score (nSPS) is 10.1. The highest BCUT2D eigenvalue weighted by Gasteiger charge is 2.02. The zero-order valence-electron chi connectivity index (χ0n) is 8.37. The molecule has 0 aliphatic rings. The fourth-order valence-corrected chi connectivity index (χ4v) is 1.68. The molecule has 82 valence electrons. The minimum Gasteiger partial charge on any atom is -0.399 e. The summed E-state index contributed by atoms with van der Waals surface area (Å²) in [7, 11) is 0. The average molecular weight is 328 g/mol. The van der Waals surface area contributed by atoms with Crippen molar-refractivity contribution < 1.29 is 4.39 Å². The summed E-state index contributed by atoms with van der Waals surface area (Å²) >= 11 is 2.22. The van der Waals surface area contributed by atoms with Crippen LogP contribution in [0.1, 0.15) is 0 Å². The van der Waals surface area contributed by atoms with Crippen LogP contribution >= 0.6 is 22.6 Å². The van der Waals surface area contributed by atoms with Gasteiger partial charge in [0, 0.05) is 14.9 Å². The molecule has 3 N–H and O–H groups in total. The number of benzene rings is 2. The van der Waals surface area contributed by atoms with Crippen LogP contribution in [0, 0.1) is 9.39 Å². The Bertz CT molecular complexity index is 497. The van der Waals surface area contributed by atoms with Gasteiger partial charge in [-0.25, -0.2) is 4.39 Å². The Balaban J connectivity index is 2.23. The van der Waals surface area contributed by atoms with E-state index in [0.29, 0.717) is 11.4 Å². The van der Waals surface area contributed by atoms with Crippen molar-refractivity contribution in [1.82, 2.24) is 0 Å². The number of halogens is 2. The summed E-state index contributed by atoms with van der Waals surface area (Å²) in [6, 6.07) is 12.3. The maximum atomic E-state index is 13.5. The highest BCUT2D eigenvalue weighted by molar-refractivity contribution is 14.1. The van der Waals surface area contributed by atoms with Gasteiger partial charge in [0.1, 0.15) is 5.82 Å². The molecule has 0 spiro atoms. The van der Waals surface area contributed by atoms with Gasteiger partial charge in [-0.1, -0.05) is 0 Å². The van der Waals surface area contributed by atoms with E-state index < -0.39 is 0 Å². The van der Waals surface area contributed by atoms with Gasteiger partial charge in [0.15, 0.2) is 0 Å². The number of hydrogen-bond acceptors (Lipinski definition) is 2. The SMILES string of the molecule is Nc1ccc(Nc2ccc(I)cc2)c(F)c1. The summed E-state index contributed by atoms with van der Waals surface area (Å²) in [4.78, 5) is 0. The van der Waals surface area contributed by atoms with E-state index in [1.807, 2.05) is 24.3 Å². The molecular weight excluding hydrogens is 318 g/mol. The van der Waals surface area contributed by atoms with Gasteiger partial charge in [0.05, 0.1) is 5.69 Å². The fourth-order valence-electron chi connectivity index (χ4n) is 1.32. The molecule has 0 heterocycles. The van der Waals surface area contributed by atoms with E-state index in [2.05, 4.69) is 27.9 Å². The first-order valence-corrected chi connectivity index (χ1v) is 5.80. The van der Waals surface area contributed by atoms with Gasteiger partial charge in [-0.2, -0.15) is 0 Å². The van der Waals surface area contributed by atoms with Gasteiger partial charge >= 0.3 is 0 Å². The summed E-state index contributed by atoms with van der Waals surface area (Å²) in [5.41, 5.74) is 7.17. The smallest absolute Gasteiger partial charge is 0.148 e. The largest absolute Gasteiger partial charge is 0.399 e. The molecule has 2 aromatic carbocycles. The lowest BCUT2D eigenvalue weighted by molar-refractivity contribution is 0.632. The predicted octanol–water partition coefficient (Wildman–Crippen LogP) is 3.76. The fraction of sp³-hybridized carbons (Fsp3) is 0. The van der Waals surface area contributed by atoms with Crippen molar-refractivity contribution in [2.24, 2.45) is 0 Å². The summed E-state index contributed by atoms with van der Waals surface area (Å²) in [6.45, 7) is 0. The van der Waals surface area contributed by atoms with Gasteiger partial charge in [-0.3, -0.25) is 0 Å². The lowest BCUT2D eigenvalue weighted by Gasteiger charge is -2.08. The number of hydrogen-bond donors (Lipinski definition) is 2. The van der Waals surface area contributed by atoms with Crippen LogP contribution in [0.4, 0.5) is 21.5 Å². The van der Waals surface area contributed by atoms with Crippen molar-refractivity contribution in [1.29, 1.82) is 0 Å². The van der Waals surface area contributed by atoms with Gasteiger partial charge in [-0.15, -0.1) is 0 Å². The van der Waals surface area contributed by atoms with Crippen LogP contribution in [0.15, 0.2) is 42.5 Å². The van der Waals surface area contributed by atoms with Crippen molar-refractivity contribution in [3.63, 3.8) is 0 Å². The van der Waals surface area contributed by atoms with Gasteiger partial charge in [0.25, 0.3) is 0 Å². The topological polar surface area (TPSA) is 38.0 Å². The van der Waals surface area contributed by atoms with E-state index in [1.54, 1.807) is 12.1 Å². The Morgan fingerprint density at radius 3 is 2.38 bits per heavy atom. The first kappa shape index (κ1) is 11.2. The molecule has 0 bridgehead atoms. The molecule has 0 saturated heterocycles. The van der Waals surface area contributed by atoms with E-state index in [0.717, 1.165) is 9.26 Å². The van der Waals surface area contributed by atoms with Crippen molar-refractivity contribution in [3.05, 3.63) is 51.9 Å². The number of nitrogens with two attached hydrogens (primary N) is 1. The molecule has 0 amide bonds. The molecule has 16 heavy (non-hydrogen) atoms. The predicted molar refractivity (Wildman–Crippen MR) is 73.3 cm³/mol. The number of rotatable bonds is 2. The standard InChI is InChI=1S/C12H10FIN2/c13-11-7-9(15)3-6-12(11)16-10-4-1-8(14)2-5-10/h1-7,16H,15H2. The van der Waals surface area contributed by atoms with Crippen LogP contribution < -0.4 is 11.1 Å². The molecule has 0 radical (unpaired) electrons. The Kier molecular flexibility index (Phi) is 3.28. The second-order valence-corrected chi connectivity index (χ2v) is 4.62. The van der Waals surface area contributed by atoms with Gasteiger partial charge in [-0.05, 0) is 65.1 Å². The minimum atomic E-state index is -0.349. The van der Waals surface area contributed by atoms with E-state index in [-0.39, 0.29) is 5.82 Å². The first-order chi connectivity index (χ1) is 7.65.